The van der Waals surface area contributed by atoms with Crippen LogP contribution in [0.2, 0.25) is 5.02 Å². The molecule has 3 rings (SSSR count). The normalized spacial score (nSPS) is 11.1. The predicted molar refractivity (Wildman–Crippen MR) is 108 cm³/mol. The van der Waals surface area contributed by atoms with Crippen LogP contribution in [-0.2, 0) is 0 Å². The van der Waals surface area contributed by atoms with Gasteiger partial charge in [0.2, 0.25) is 0 Å². The van der Waals surface area contributed by atoms with Crippen molar-refractivity contribution in [3.05, 3.63) is 85.5 Å². The lowest BCUT2D eigenvalue weighted by atomic mass is 10.1. The molecule has 0 saturated carbocycles. The van der Waals surface area contributed by atoms with Crippen LogP contribution < -0.4 is 5.56 Å². The third-order valence-corrected chi connectivity index (χ3v) is 4.79. The molecule has 6 heteroatoms. The van der Waals surface area contributed by atoms with Crippen molar-refractivity contribution in [2.24, 2.45) is 5.10 Å². The molecule has 0 bridgehead atoms. The Morgan fingerprint density at radius 3 is 2.37 bits per heavy atom. The van der Waals surface area contributed by atoms with Crippen molar-refractivity contribution < 1.29 is 0 Å². The second-order valence-corrected chi connectivity index (χ2v) is 6.89. The average Bonchev–Trinajstić information content (AvgIpc) is 2.89. The van der Waals surface area contributed by atoms with E-state index in [4.69, 9.17) is 11.6 Å². The molecule has 0 saturated heterocycles. The molecule has 3 aromatic rings. The molecule has 0 aliphatic rings. The quantitative estimate of drug-likeness (QED) is 0.638. The summed E-state index contributed by atoms with van der Waals surface area (Å²) in [5.41, 5.74) is 4.99. The maximum absolute atomic E-state index is 12.5. The van der Waals surface area contributed by atoms with Crippen molar-refractivity contribution in [1.82, 2.24) is 9.24 Å². The van der Waals surface area contributed by atoms with Gasteiger partial charge in [0.25, 0.3) is 5.56 Å². The van der Waals surface area contributed by atoms with Gasteiger partial charge in [-0.15, -0.1) is 0 Å². The number of hydrogen-bond donors (Lipinski definition) is 0. The Balaban J connectivity index is 2.06. The molecule has 0 aliphatic heterocycles. The van der Waals surface area contributed by atoms with Gasteiger partial charge in [0.05, 0.1) is 6.21 Å². The van der Waals surface area contributed by atoms with E-state index < -0.39 is 5.56 Å². The molecule has 0 aliphatic carbocycles. The van der Waals surface area contributed by atoms with Gasteiger partial charge in [0.15, 0.2) is 0 Å². The SMILES string of the molecule is Cc1cc(C)n(/N=C/c2cc(C)n(-c3ccc(Cl)cc3)c2C)c(=O)c1C#N. The lowest BCUT2D eigenvalue weighted by Gasteiger charge is -2.09. The predicted octanol–water partition coefficient (Wildman–Crippen LogP) is 4.28. The summed E-state index contributed by atoms with van der Waals surface area (Å²) in [7, 11) is 0. The second kappa shape index (κ2) is 7.26. The second-order valence-electron chi connectivity index (χ2n) is 6.46. The summed E-state index contributed by atoms with van der Waals surface area (Å²) in [6.45, 7) is 7.55. The zero-order valence-corrected chi connectivity index (χ0v) is 16.4. The van der Waals surface area contributed by atoms with Crippen molar-refractivity contribution in [2.75, 3.05) is 0 Å². The first-order valence-corrected chi connectivity index (χ1v) is 8.84. The smallest absolute Gasteiger partial charge is 0.289 e. The van der Waals surface area contributed by atoms with Crippen molar-refractivity contribution in [3.8, 4) is 11.8 Å². The Labute approximate surface area is 162 Å². The minimum absolute atomic E-state index is 0.115. The van der Waals surface area contributed by atoms with Crippen molar-refractivity contribution in [3.63, 3.8) is 0 Å². The number of benzene rings is 1. The largest absolute Gasteiger partial charge is 0.318 e. The molecule has 2 heterocycles. The summed E-state index contributed by atoms with van der Waals surface area (Å²) in [6.07, 6.45) is 1.65. The van der Waals surface area contributed by atoms with E-state index in [1.165, 1.54) is 4.68 Å². The third-order valence-electron chi connectivity index (χ3n) is 4.54. The van der Waals surface area contributed by atoms with Crippen LogP contribution in [0.3, 0.4) is 0 Å². The lowest BCUT2D eigenvalue weighted by molar-refractivity contribution is 0.786. The van der Waals surface area contributed by atoms with Gasteiger partial charge in [0.1, 0.15) is 11.6 Å². The Morgan fingerprint density at radius 2 is 1.74 bits per heavy atom. The highest BCUT2D eigenvalue weighted by Crippen LogP contribution is 2.21. The molecule has 2 aromatic heterocycles. The van der Waals surface area contributed by atoms with Crippen LogP contribution in [0.25, 0.3) is 5.69 Å². The van der Waals surface area contributed by atoms with E-state index in [9.17, 15) is 10.1 Å². The fraction of sp³-hybridized carbons (Fsp3) is 0.190. The van der Waals surface area contributed by atoms with E-state index in [1.807, 2.05) is 50.2 Å². The number of nitrogens with zero attached hydrogens (tertiary/aromatic N) is 4. The highest BCUT2D eigenvalue weighted by molar-refractivity contribution is 6.30. The molecule has 136 valence electrons. The number of aryl methyl sites for hydroxylation is 3. The van der Waals surface area contributed by atoms with E-state index in [0.717, 1.165) is 22.6 Å². The first kappa shape index (κ1) is 18.7. The van der Waals surface area contributed by atoms with Gasteiger partial charge in [-0.1, -0.05) is 11.6 Å². The van der Waals surface area contributed by atoms with E-state index in [2.05, 4.69) is 9.67 Å². The maximum Gasteiger partial charge on any atom is 0.289 e. The minimum Gasteiger partial charge on any atom is -0.318 e. The first-order chi connectivity index (χ1) is 12.8. The van der Waals surface area contributed by atoms with Gasteiger partial charge in [-0.25, -0.2) is 4.68 Å². The molecular weight excluding hydrogens is 360 g/mol. The monoisotopic (exact) mass is 378 g/mol. The summed E-state index contributed by atoms with van der Waals surface area (Å²) >= 11 is 5.98. The average molecular weight is 379 g/mol. The number of hydrogen-bond acceptors (Lipinski definition) is 3. The van der Waals surface area contributed by atoms with Gasteiger partial charge in [-0.2, -0.15) is 10.4 Å². The Morgan fingerprint density at radius 1 is 1.07 bits per heavy atom. The van der Waals surface area contributed by atoms with Gasteiger partial charge in [-0.3, -0.25) is 4.79 Å². The van der Waals surface area contributed by atoms with Crippen LogP contribution in [-0.4, -0.2) is 15.5 Å². The van der Waals surface area contributed by atoms with Gasteiger partial charge >= 0.3 is 0 Å². The van der Waals surface area contributed by atoms with Crippen LogP contribution >= 0.6 is 11.6 Å². The number of halogens is 1. The molecule has 0 unspecified atom stereocenters. The molecule has 0 atom stereocenters. The van der Waals surface area contributed by atoms with Crippen LogP contribution in [0.15, 0.2) is 46.3 Å². The fourth-order valence-corrected chi connectivity index (χ4v) is 3.31. The molecule has 0 amide bonds. The van der Waals surface area contributed by atoms with E-state index in [0.29, 0.717) is 16.3 Å². The maximum atomic E-state index is 12.5. The molecule has 0 spiro atoms. The van der Waals surface area contributed by atoms with Crippen LogP contribution in [0.4, 0.5) is 0 Å². The van der Waals surface area contributed by atoms with Crippen LogP contribution in [0.1, 0.15) is 33.8 Å². The minimum atomic E-state index is -0.405. The highest BCUT2D eigenvalue weighted by Gasteiger charge is 2.11. The Bertz CT molecular complexity index is 1140. The van der Waals surface area contributed by atoms with Crippen LogP contribution in [0, 0.1) is 39.0 Å². The van der Waals surface area contributed by atoms with Crippen LogP contribution in [0.5, 0.6) is 0 Å². The van der Waals surface area contributed by atoms with E-state index in [1.54, 1.807) is 26.1 Å². The molecule has 5 nitrogen and oxygen atoms in total. The highest BCUT2D eigenvalue weighted by atomic mass is 35.5. The summed E-state index contributed by atoms with van der Waals surface area (Å²) in [5, 5.41) is 14.2. The molecule has 0 N–H and O–H groups in total. The topological polar surface area (TPSA) is 63.1 Å². The summed E-state index contributed by atoms with van der Waals surface area (Å²) in [5.74, 6) is 0. The number of nitriles is 1. The molecule has 1 aromatic carbocycles. The lowest BCUT2D eigenvalue weighted by Crippen LogP contribution is -2.22. The molecule has 0 fully saturated rings. The molecular formula is C21H19ClN4O. The first-order valence-electron chi connectivity index (χ1n) is 8.46. The Hall–Kier alpha value is -3.10. The summed E-state index contributed by atoms with van der Waals surface area (Å²) in [6, 6.07) is 13.4. The standard InChI is InChI=1S/C21H19ClN4O/c1-13-9-15(3)26(21(27)20(13)11-23)24-12-17-10-14(2)25(16(17)4)19-7-5-18(22)6-8-19/h5-10,12H,1-4H3/b24-12+. The van der Waals surface area contributed by atoms with E-state index >= 15 is 0 Å². The molecule has 27 heavy (non-hydrogen) atoms. The number of aromatic nitrogens is 2. The van der Waals surface area contributed by atoms with Crippen molar-refractivity contribution in [1.29, 1.82) is 5.26 Å². The number of pyridine rings is 1. The number of rotatable bonds is 3. The summed E-state index contributed by atoms with van der Waals surface area (Å²) < 4.78 is 3.36. The van der Waals surface area contributed by atoms with E-state index in [-0.39, 0.29) is 5.56 Å². The van der Waals surface area contributed by atoms with Crippen molar-refractivity contribution >= 4 is 17.8 Å². The zero-order valence-electron chi connectivity index (χ0n) is 15.6. The Kier molecular flexibility index (Phi) is 5.02. The third kappa shape index (κ3) is 3.44. The fourth-order valence-electron chi connectivity index (χ4n) is 3.19. The van der Waals surface area contributed by atoms with Gasteiger partial charge in [-0.05, 0) is 69.7 Å². The van der Waals surface area contributed by atoms with Gasteiger partial charge in [0, 0.05) is 33.4 Å². The summed E-state index contributed by atoms with van der Waals surface area (Å²) in [4.78, 5) is 12.5. The molecule has 0 radical (unpaired) electrons. The van der Waals surface area contributed by atoms with Gasteiger partial charge < -0.3 is 4.57 Å². The zero-order chi connectivity index (χ0) is 19.7. The van der Waals surface area contributed by atoms with Crippen molar-refractivity contribution in [2.45, 2.75) is 27.7 Å².